The van der Waals surface area contributed by atoms with E-state index in [0.29, 0.717) is 12.4 Å². The summed E-state index contributed by atoms with van der Waals surface area (Å²) in [5.41, 5.74) is 1.47. The molecule has 2 aromatic rings. The number of carbonyl (C=O) groups excluding carboxylic acids is 1. The first-order chi connectivity index (χ1) is 13.0. The van der Waals surface area contributed by atoms with E-state index in [1.165, 1.54) is 6.20 Å². The van der Waals surface area contributed by atoms with E-state index in [0.717, 1.165) is 37.1 Å². The number of β-amino-alcohol motifs (C(OH)–C–C–N with tert-alkyl or cyclic N) is 1. The van der Waals surface area contributed by atoms with Crippen LogP contribution in [0.15, 0.2) is 35.3 Å². The molecule has 2 saturated heterocycles. The largest absolute Gasteiger partial charge is 0.390 e. The number of aliphatic hydroxyl groups is 1. The fourth-order valence-electron chi connectivity index (χ4n) is 3.94. The van der Waals surface area contributed by atoms with Crippen molar-refractivity contribution in [1.29, 1.82) is 0 Å². The Morgan fingerprint density at radius 2 is 1.89 bits per heavy atom. The first-order valence-corrected chi connectivity index (χ1v) is 9.40. The van der Waals surface area contributed by atoms with Gasteiger partial charge in [-0.2, -0.15) is 0 Å². The summed E-state index contributed by atoms with van der Waals surface area (Å²) in [7, 11) is 0. The summed E-state index contributed by atoms with van der Waals surface area (Å²) in [6.45, 7) is 4.59. The van der Waals surface area contributed by atoms with E-state index in [9.17, 15) is 14.7 Å². The molecule has 0 bridgehead atoms. The Kier molecular flexibility index (Phi) is 4.80. The quantitative estimate of drug-likeness (QED) is 0.845. The van der Waals surface area contributed by atoms with E-state index in [1.54, 1.807) is 4.90 Å². The summed E-state index contributed by atoms with van der Waals surface area (Å²) in [5.74, 6) is 0.0629. The molecule has 7 heteroatoms. The van der Waals surface area contributed by atoms with Gasteiger partial charge in [-0.3, -0.25) is 14.5 Å². The average molecular weight is 368 g/mol. The van der Waals surface area contributed by atoms with Gasteiger partial charge in [0.2, 0.25) is 0 Å². The third-order valence-electron chi connectivity index (χ3n) is 5.51. The minimum Gasteiger partial charge on any atom is -0.390 e. The zero-order valence-corrected chi connectivity index (χ0v) is 15.4. The number of H-pyrrole nitrogens is 1. The van der Waals surface area contributed by atoms with Gasteiger partial charge >= 0.3 is 0 Å². The summed E-state index contributed by atoms with van der Waals surface area (Å²) in [5, 5.41) is 10.4. The van der Waals surface area contributed by atoms with Crippen molar-refractivity contribution >= 4 is 5.91 Å². The molecule has 2 fully saturated rings. The summed E-state index contributed by atoms with van der Waals surface area (Å²) >= 11 is 0. The highest BCUT2D eigenvalue weighted by molar-refractivity contribution is 5.94. The topological polar surface area (TPSA) is 89.5 Å². The number of rotatable bonds is 3. The van der Waals surface area contributed by atoms with Gasteiger partial charge in [-0.1, -0.05) is 29.8 Å². The van der Waals surface area contributed by atoms with Gasteiger partial charge < -0.3 is 15.0 Å². The van der Waals surface area contributed by atoms with E-state index in [4.69, 9.17) is 0 Å². The van der Waals surface area contributed by atoms with Crippen molar-refractivity contribution in [2.24, 2.45) is 0 Å². The molecule has 4 rings (SSSR count). The molecule has 0 radical (unpaired) electrons. The predicted molar refractivity (Wildman–Crippen MR) is 102 cm³/mol. The molecule has 2 aliphatic rings. The summed E-state index contributed by atoms with van der Waals surface area (Å²) in [6, 6.07) is 7.60. The Bertz CT molecular complexity index is 887. The number of hydrogen-bond acceptors (Lipinski definition) is 5. The second kappa shape index (κ2) is 7.25. The zero-order valence-electron chi connectivity index (χ0n) is 15.4. The number of amides is 1. The van der Waals surface area contributed by atoms with Crippen LogP contribution in [0.4, 0.5) is 0 Å². The first kappa shape index (κ1) is 17.9. The summed E-state index contributed by atoms with van der Waals surface area (Å²) in [4.78, 5) is 36.1. The molecular weight excluding hydrogens is 344 g/mol. The van der Waals surface area contributed by atoms with Crippen LogP contribution in [-0.2, 0) is 0 Å². The highest BCUT2D eigenvalue weighted by atomic mass is 16.3. The van der Waals surface area contributed by atoms with E-state index in [2.05, 4.69) is 14.9 Å². The molecule has 27 heavy (non-hydrogen) atoms. The smallest absolute Gasteiger partial charge is 0.264 e. The molecule has 2 aliphatic heterocycles. The third-order valence-corrected chi connectivity index (χ3v) is 5.51. The van der Waals surface area contributed by atoms with Gasteiger partial charge in [0.05, 0.1) is 12.1 Å². The normalized spacial score (nSPS) is 23.1. The molecule has 2 N–H and O–H groups in total. The Hall–Kier alpha value is -2.51. The number of likely N-dealkylation sites (tertiary alicyclic amines) is 2. The number of aliphatic hydroxyl groups excluding tert-OH is 1. The lowest BCUT2D eigenvalue weighted by Crippen LogP contribution is -2.41. The van der Waals surface area contributed by atoms with Crippen LogP contribution in [0, 0.1) is 6.92 Å². The maximum absolute atomic E-state index is 12.8. The van der Waals surface area contributed by atoms with Crippen molar-refractivity contribution < 1.29 is 9.90 Å². The minimum atomic E-state index is -0.578. The molecule has 2 atom stereocenters. The zero-order chi connectivity index (χ0) is 19.0. The lowest BCUT2D eigenvalue weighted by Gasteiger charge is -2.25. The molecule has 0 saturated carbocycles. The minimum absolute atomic E-state index is 0.0140. The number of hydrogen-bond donors (Lipinski definition) is 2. The fraction of sp³-hybridized carbons (Fsp3) is 0.450. The number of aryl methyl sites for hydroxylation is 1. The maximum Gasteiger partial charge on any atom is 0.264 e. The lowest BCUT2D eigenvalue weighted by atomic mass is 10.1. The molecule has 1 aromatic carbocycles. The van der Waals surface area contributed by atoms with Gasteiger partial charge in [-0.05, 0) is 32.9 Å². The second-order valence-corrected chi connectivity index (χ2v) is 7.43. The van der Waals surface area contributed by atoms with Crippen LogP contribution in [0.1, 0.15) is 28.8 Å². The average Bonchev–Trinajstić information content (AvgIpc) is 3.31. The molecule has 0 unspecified atom stereocenters. The molecule has 0 spiro atoms. The second-order valence-electron chi connectivity index (χ2n) is 7.43. The number of benzene rings is 1. The SMILES string of the molecule is Cc1ccc(-c2ncc(C(=O)N3C[C@H](O)[C@@H](N4CCCC4)C3)c(=O)[nH]2)cc1. The van der Waals surface area contributed by atoms with Crippen LogP contribution in [-0.4, -0.2) is 69.1 Å². The van der Waals surface area contributed by atoms with Crippen LogP contribution < -0.4 is 5.56 Å². The van der Waals surface area contributed by atoms with Gasteiger partial charge in [0.25, 0.3) is 11.5 Å². The molecule has 3 heterocycles. The van der Waals surface area contributed by atoms with Crippen molar-refractivity contribution in [3.63, 3.8) is 0 Å². The van der Waals surface area contributed by atoms with Crippen LogP contribution in [0.3, 0.4) is 0 Å². The summed E-state index contributed by atoms with van der Waals surface area (Å²) < 4.78 is 0. The van der Waals surface area contributed by atoms with E-state index in [-0.39, 0.29) is 24.1 Å². The number of nitrogens with one attached hydrogen (secondary N) is 1. The summed E-state index contributed by atoms with van der Waals surface area (Å²) in [6.07, 6.45) is 3.01. The molecule has 142 valence electrons. The Labute approximate surface area is 157 Å². The van der Waals surface area contributed by atoms with Crippen molar-refractivity contribution in [3.8, 4) is 11.4 Å². The Balaban J connectivity index is 1.52. The van der Waals surface area contributed by atoms with Gasteiger partial charge in [-0.15, -0.1) is 0 Å². The number of aromatic nitrogens is 2. The number of carbonyl (C=O) groups is 1. The Morgan fingerprint density at radius 3 is 2.56 bits per heavy atom. The van der Waals surface area contributed by atoms with Gasteiger partial charge in [0, 0.05) is 24.8 Å². The van der Waals surface area contributed by atoms with Gasteiger partial charge in [0.1, 0.15) is 11.4 Å². The van der Waals surface area contributed by atoms with Gasteiger partial charge in [0.15, 0.2) is 0 Å². The monoisotopic (exact) mass is 368 g/mol. The molecule has 1 amide bonds. The van der Waals surface area contributed by atoms with E-state index in [1.807, 2.05) is 31.2 Å². The van der Waals surface area contributed by atoms with E-state index < -0.39 is 11.7 Å². The van der Waals surface area contributed by atoms with Crippen molar-refractivity contribution in [3.05, 3.63) is 51.9 Å². The van der Waals surface area contributed by atoms with Crippen LogP contribution in [0.2, 0.25) is 0 Å². The highest BCUT2D eigenvalue weighted by Crippen LogP contribution is 2.22. The third kappa shape index (κ3) is 3.52. The first-order valence-electron chi connectivity index (χ1n) is 9.40. The van der Waals surface area contributed by atoms with Crippen molar-refractivity contribution in [2.45, 2.75) is 31.9 Å². The van der Waals surface area contributed by atoms with Crippen LogP contribution >= 0.6 is 0 Å². The predicted octanol–water partition coefficient (Wildman–Crippen LogP) is 1.03. The van der Waals surface area contributed by atoms with E-state index >= 15 is 0 Å². The maximum atomic E-state index is 12.8. The van der Waals surface area contributed by atoms with Crippen molar-refractivity contribution in [2.75, 3.05) is 26.2 Å². The standard InChI is InChI=1S/C20H24N4O3/c1-13-4-6-14(7-5-13)18-21-10-15(19(26)22-18)20(27)24-11-16(17(25)12-24)23-8-2-3-9-23/h4-7,10,16-17,25H,2-3,8-9,11-12H2,1H3,(H,21,22,26)/t16-,17-/m0/s1. The highest BCUT2D eigenvalue weighted by Gasteiger charge is 2.39. The van der Waals surface area contributed by atoms with Crippen LogP contribution in [0.25, 0.3) is 11.4 Å². The van der Waals surface area contributed by atoms with Gasteiger partial charge in [-0.25, -0.2) is 4.98 Å². The molecule has 1 aromatic heterocycles. The number of nitrogens with zero attached hydrogens (tertiary/aromatic N) is 3. The van der Waals surface area contributed by atoms with Crippen molar-refractivity contribution in [1.82, 2.24) is 19.8 Å². The molecule has 0 aliphatic carbocycles. The Morgan fingerprint density at radius 1 is 1.19 bits per heavy atom. The molecule has 7 nitrogen and oxygen atoms in total. The number of aromatic amines is 1. The molecular formula is C20H24N4O3. The fourth-order valence-corrected chi connectivity index (χ4v) is 3.94. The van der Waals surface area contributed by atoms with Crippen LogP contribution in [0.5, 0.6) is 0 Å². The lowest BCUT2D eigenvalue weighted by molar-refractivity contribution is 0.0761.